The highest BCUT2D eigenvalue weighted by atomic mass is 35.5. The number of nitrogens with zero attached hydrogens (tertiary/aromatic N) is 3. The lowest BCUT2D eigenvalue weighted by Crippen LogP contribution is -2.38. The number of aliphatic imine (C=N–C) groups is 1. The van der Waals surface area contributed by atoms with Gasteiger partial charge in [0.05, 0.1) is 11.7 Å². The Hall–Kier alpha value is -2.43. The number of pyridine rings is 1. The number of rotatable bonds is 3. The molecule has 1 N–H and O–H groups in total. The van der Waals surface area contributed by atoms with Gasteiger partial charge in [-0.1, -0.05) is 61.8 Å². The van der Waals surface area contributed by atoms with Crippen LogP contribution in [0.3, 0.4) is 0 Å². The summed E-state index contributed by atoms with van der Waals surface area (Å²) < 4.78 is 0. The Balaban J connectivity index is 1.74. The minimum absolute atomic E-state index is 0.128. The molecule has 2 aliphatic rings. The monoisotopic (exact) mass is 364 g/mol. The molecule has 5 heteroatoms. The Kier molecular flexibility index (Phi) is 4.39. The van der Waals surface area contributed by atoms with Crippen molar-refractivity contribution in [3.63, 3.8) is 0 Å². The number of hydrogen-bond donors (Lipinski definition) is 1. The second kappa shape index (κ2) is 6.71. The highest BCUT2D eigenvalue weighted by Crippen LogP contribution is 2.37. The summed E-state index contributed by atoms with van der Waals surface area (Å²) >= 11 is 6.30. The fourth-order valence-corrected chi connectivity index (χ4v) is 3.59. The van der Waals surface area contributed by atoms with Gasteiger partial charge in [0, 0.05) is 28.6 Å². The lowest BCUT2D eigenvalue weighted by atomic mass is 10.0. The van der Waals surface area contributed by atoms with Crippen LogP contribution in [0.1, 0.15) is 26.3 Å². The van der Waals surface area contributed by atoms with Crippen molar-refractivity contribution in [2.24, 2.45) is 10.9 Å². The summed E-state index contributed by atoms with van der Waals surface area (Å²) in [6.07, 6.45) is 3.85. The van der Waals surface area contributed by atoms with E-state index in [0.717, 1.165) is 33.9 Å². The van der Waals surface area contributed by atoms with Gasteiger partial charge in [0.2, 0.25) is 0 Å². The van der Waals surface area contributed by atoms with Gasteiger partial charge in [-0.05, 0) is 25.0 Å². The second-order valence-electron chi connectivity index (χ2n) is 6.88. The molecule has 26 heavy (non-hydrogen) atoms. The minimum Gasteiger partial charge on any atom is -0.263 e. The predicted molar refractivity (Wildman–Crippen MR) is 107 cm³/mol. The predicted octanol–water partition coefficient (Wildman–Crippen LogP) is 4.82. The normalized spacial score (nSPS) is 19.6. The van der Waals surface area contributed by atoms with Gasteiger partial charge in [0.1, 0.15) is 5.17 Å². The average Bonchev–Trinajstić information content (AvgIpc) is 2.97. The van der Waals surface area contributed by atoms with Crippen molar-refractivity contribution in [3.05, 3.63) is 71.8 Å². The van der Waals surface area contributed by atoms with Crippen molar-refractivity contribution in [3.8, 4) is 11.3 Å². The Morgan fingerprint density at radius 1 is 1.08 bits per heavy atom. The maximum Gasteiger partial charge on any atom is 0.154 e. The van der Waals surface area contributed by atoms with Gasteiger partial charge < -0.3 is 0 Å². The van der Waals surface area contributed by atoms with E-state index in [1.54, 1.807) is 0 Å². The van der Waals surface area contributed by atoms with E-state index in [9.17, 15) is 0 Å². The first-order chi connectivity index (χ1) is 12.5. The summed E-state index contributed by atoms with van der Waals surface area (Å²) in [5, 5.41) is 2.57. The molecular formula is C21H21ClN4. The van der Waals surface area contributed by atoms with Gasteiger partial charge in [0.15, 0.2) is 5.82 Å². The van der Waals surface area contributed by atoms with Crippen molar-refractivity contribution in [2.75, 3.05) is 0 Å². The number of allylic oxidation sites excluding steroid dienone is 2. The van der Waals surface area contributed by atoms with E-state index in [4.69, 9.17) is 11.6 Å². The van der Waals surface area contributed by atoms with Gasteiger partial charge in [-0.3, -0.25) is 9.99 Å². The Morgan fingerprint density at radius 2 is 1.85 bits per heavy atom. The third-order valence-electron chi connectivity index (χ3n) is 4.68. The minimum atomic E-state index is 0.128. The van der Waals surface area contributed by atoms with Crippen LogP contribution in [0.5, 0.6) is 0 Å². The van der Waals surface area contributed by atoms with Crippen LogP contribution < -0.4 is 5.43 Å². The van der Waals surface area contributed by atoms with Crippen LogP contribution in [0.25, 0.3) is 16.8 Å². The van der Waals surface area contributed by atoms with Crippen LogP contribution in [-0.2, 0) is 0 Å². The second-order valence-corrected chi connectivity index (χ2v) is 7.27. The van der Waals surface area contributed by atoms with E-state index >= 15 is 0 Å². The van der Waals surface area contributed by atoms with Crippen LogP contribution in [-0.4, -0.2) is 21.2 Å². The molecule has 1 atom stereocenters. The molecule has 0 radical (unpaired) electrons. The lowest BCUT2D eigenvalue weighted by Gasteiger charge is -2.29. The summed E-state index contributed by atoms with van der Waals surface area (Å²) in [4.78, 5) is 9.25. The first-order valence-electron chi connectivity index (χ1n) is 8.82. The molecular weight excluding hydrogens is 344 g/mol. The first-order valence-corrected chi connectivity index (χ1v) is 9.20. The maximum atomic E-state index is 6.30. The standard InChI is InChI=1S/C21H21ClN4/c1-13(2)18-11-19(22)24-21-20(14(3)25-26(18)21)16-9-10-17(23-12-16)15-7-5-4-6-8-15/h4-14,25H,1-3H3. The SMILES string of the molecule is CC(C)C1=CC(Cl)=NC2=C(c3ccc(-c4ccccc4)nc3)C(C)NN12. The fraction of sp³-hybridized carbons (Fsp3) is 0.238. The highest BCUT2D eigenvalue weighted by Gasteiger charge is 2.34. The van der Waals surface area contributed by atoms with Crippen molar-refractivity contribution in [2.45, 2.75) is 26.8 Å². The van der Waals surface area contributed by atoms with Gasteiger partial charge >= 0.3 is 0 Å². The average molecular weight is 365 g/mol. The zero-order valence-electron chi connectivity index (χ0n) is 15.1. The number of benzene rings is 1. The molecule has 3 heterocycles. The highest BCUT2D eigenvalue weighted by molar-refractivity contribution is 6.68. The smallest absolute Gasteiger partial charge is 0.154 e. The molecule has 0 saturated heterocycles. The van der Waals surface area contributed by atoms with Gasteiger partial charge in [-0.2, -0.15) is 0 Å². The number of aromatic nitrogens is 1. The molecule has 0 saturated carbocycles. The van der Waals surface area contributed by atoms with E-state index < -0.39 is 0 Å². The number of hydrazine groups is 1. The summed E-state index contributed by atoms with van der Waals surface area (Å²) in [6, 6.07) is 14.5. The molecule has 2 aromatic rings. The zero-order chi connectivity index (χ0) is 18.3. The van der Waals surface area contributed by atoms with Crippen molar-refractivity contribution in [1.29, 1.82) is 0 Å². The molecule has 0 bridgehead atoms. The Labute approximate surface area is 158 Å². The van der Waals surface area contributed by atoms with Crippen LogP contribution in [0.15, 0.2) is 71.2 Å². The topological polar surface area (TPSA) is 40.5 Å². The molecule has 4 nitrogen and oxygen atoms in total. The molecule has 0 amide bonds. The zero-order valence-corrected chi connectivity index (χ0v) is 15.8. The largest absolute Gasteiger partial charge is 0.263 e. The summed E-state index contributed by atoms with van der Waals surface area (Å²) in [5.74, 6) is 1.20. The molecule has 0 fully saturated rings. The third-order valence-corrected chi connectivity index (χ3v) is 4.88. The maximum absolute atomic E-state index is 6.30. The molecule has 0 aliphatic carbocycles. The molecule has 132 valence electrons. The summed E-state index contributed by atoms with van der Waals surface area (Å²) in [7, 11) is 0. The number of hydrogen-bond acceptors (Lipinski definition) is 4. The quantitative estimate of drug-likeness (QED) is 0.849. The van der Waals surface area contributed by atoms with Crippen LogP contribution in [0, 0.1) is 5.92 Å². The molecule has 1 aromatic heterocycles. The van der Waals surface area contributed by atoms with E-state index in [1.807, 2.05) is 30.5 Å². The molecule has 0 spiro atoms. The number of halogens is 1. The van der Waals surface area contributed by atoms with Gasteiger partial charge in [-0.25, -0.2) is 10.4 Å². The number of fused-ring (bicyclic) bond motifs is 1. The van der Waals surface area contributed by atoms with Crippen LogP contribution >= 0.6 is 11.6 Å². The van der Waals surface area contributed by atoms with Gasteiger partial charge in [0.25, 0.3) is 0 Å². The fourth-order valence-electron chi connectivity index (χ4n) is 3.40. The van der Waals surface area contributed by atoms with E-state index in [0.29, 0.717) is 11.1 Å². The van der Waals surface area contributed by atoms with E-state index in [-0.39, 0.29) is 6.04 Å². The Morgan fingerprint density at radius 3 is 2.50 bits per heavy atom. The van der Waals surface area contributed by atoms with Crippen molar-refractivity contribution < 1.29 is 0 Å². The lowest BCUT2D eigenvalue weighted by molar-refractivity contribution is 0.293. The van der Waals surface area contributed by atoms with Crippen LogP contribution in [0.2, 0.25) is 0 Å². The molecule has 4 rings (SSSR count). The summed E-state index contributed by atoms with van der Waals surface area (Å²) in [5.41, 5.74) is 8.86. The molecule has 1 unspecified atom stereocenters. The first kappa shape index (κ1) is 17.0. The molecule has 1 aromatic carbocycles. The molecule has 2 aliphatic heterocycles. The number of nitrogens with one attached hydrogen (secondary N) is 1. The van der Waals surface area contributed by atoms with Gasteiger partial charge in [-0.15, -0.1) is 0 Å². The van der Waals surface area contributed by atoms with Crippen LogP contribution in [0.4, 0.5) is 0 Å². The third kappa shape index (κ3) is 2.96. The van der Waals surface area contributed by atoms with Crippen molar-refractivity contribution >= 4 is 22.3 Å². The Bertz CT molecular complexity index is 911. The van der Waals surface area contributed by atoms with E-state index in [1.165, 1.54) is 0 Å². The summed E-state index contributed by atoms with van der Waals surface area (Å²) in [6.45, 7) is 6.44. The van der Waals surface area contributed by atoms with E-state index in [2.05, 4.69) is 65.4 Å². The van der Waals surface area contributed by atoms with Crippen molar-refractivity contribution in [1.82, 2.24) is 15.4 Å².